The van der Waals surface area contributed by atoms with Gasteiger partial charge in [-0.1, -0.05) is 65.5 Å². The number of hydrogen-bond donors (Lipinski definition) is 0. The molecule has 0 radical (unpaired) electrons. The number of nitrogens with zero attached hydrogens (tertiary/aromatic N) is 5. The molecule has 0 spiro atoms. The van der Waals surface area contributed by atoms with Crippen LogP contribution >= 0.6 is 35.1 Å². The maximum atomic E-state index is 6.07. The lowest BCUT2D eigenvalue weighted by molar-refractivity contribution is 0.693. The molecule has 0 bridgehead atoms. The lowest BCUT2D eigenvalue weighted by Gasteiger charge is -2.14. The summed E-state index contributed by atoms with van der Waals surface area (Å²) in [7, 11) is 0. The van der Waals surface area contributed by atoms with Crippen LogP contribution in [0.2, 0.25) is 5.02 Å². The van der Waals surface area contributed by atoms with Crippen molar-refractivity contribution in [3.63, 3.8) is 0 Å². The second kappa shape index (κ2) is 8.57. The summed E-state index contributed by atoms with van der Waals surface area (Å²) in [6.45, 7) is 4.25. The first-order chi connectivity index (χ1) is 15.1. The molecular formula is C23H20ClN5S2. The zero-order valence-electron chi connectivity index (χ0n) is 17.1. The minimum absolute atomic E-state index is 0.736. The number of aryl methyl sites for hydroxylation is 1. The van der Waals surface area contributed by atoms with E-state index in [0.717, 1.165) is 55.2 Å². The third kappa shape index (κ3) is 4.05. The Hall–Kier alpha value is -2.48. The van der Waals surface area contributed by atoms with E-state index in [2.05, 4.69) is 58.9 Å². The third-order valence-corrected chi connectivity index (χ3v) is 7.35. The van der Waals surface area contributed by atoms with Gasteiger partial charge in [0, 0.05) is 39.2 Å². The van der Waals surface area contributed by atoms with Crippen molar-refractivity contribution in [2.75, 3.05) is 5.75 Å². The van der Waals surface area contributed by atoms with Crippen LogP contribution in [0.15, 0.2) is 76.1 Å². The summed E-state index contributed by atoms with van der Waals surface area (Å²) < 4.78 is 4.12. The highest BCUT2D eigenvalue weighted by atomic mass is 35.5. The molecule has 5 nitrogen and oxygen atoms in total. The SMILES string of the molecule is Cc1cc(C2=Nn3c(nnc3SCc3ccccc3)SC2)c(C)n1-c1ccc(Cl)cc1. The molecule has 0 saturated carbocycles. The Kier molecular flexibility index (Phi) is 5.65. The van der Waals surface area contributed by atoms with Crippen molar-refractivity contribution in [2.45, 2.75) is 29.9 Å². The monoisotopic (exact) mass is 465 g/mol. The van der Waals surface area contributed by atoms with E-state index in [0.29, 0.717) is 0 Å². The molecule has 0 N–H and O–H groups in total. The molecule has 1 aliphatic rings. The van der Waals surface area contributed by atoms with Crippen LogP contribution in [0, 0.1) is 13.8 Å². The van der Waals surface area contributed by atoms with Crippen LogP contribution in [0.4, 0.5) is 0 Å². The fourth-order valence-electron chi connectivity index (χ4n) is 3.70. The van der Waals surface area contributed by atoms with Gasteiger partial charge in [-0.2, -0.15) is 9.78 Å². The summed E-state index contributed by atoms with van der Waals surface area (Å²) in [5.74, 6) is 1.60. The van der Waals surface area contributed by atoms with E-state index in [4.69, 9.17) is 16.7 Å². The minimum atomic E-state index is 0.736. The lowest BCUT2D eigenvalue weighted by atomic mass is 10.1. The second-order valence-electron chi connectivity index (χ2n) is 7.28. The molecule has 3 heterocycles. The van der Waals surface area contributed by atoms with Crippen molar-refractivity contribution in [1.82, 2.24) is 19.4 Å². The molecular weight excluding hydrogens is 446 g/mol. The summed E-state index contributed by atoms with van der Waals surface area (Å²) in [6, 6.07) is 20.5. The van der Waals surface area contributed by atoms with Crippen LogP contribution in [-0.4, -0.2) is 30.9 Å². The highest BCUT2D eigenvalue weighted by molar-refractivity contribution is 8.00. The number of benzene rings is 2. The Morgan fingerprint density at radius 1 is 1.03 bits per heavy atom. The minimum Gasteiger partial charge on any atom is -0.318 e. The lowest BCUT2D eigenvalue weighted by Crippen LogP contribution is -2.14. The number of halogens is 1. The molecule has 5 rings (SSSR count). The van der Waals surface area contributed by atoms with Crippen molar-refractivity contribution >= 4 is 40.8 Å². The van der Waals surface area contributed by atoms with E-state index in [1.54, 1.807) is 23.5 Å². The van der Waals surface area contributed by atoms with Crippen molar-refractivity contribution in [3.05, 3.63) is 88.2 Å². The quantitative estimate of drug-likeness (QED) is 0.340. The molecule has 0 aliphatic carbocycles. The zero-order chi connectivity index (χ0) is 21.4. The summed E-state index contributed by atoms with van der Waals surface area (Å²) in [4.78, 5) is 0. The topological polar surface area (TPSA) is 48.0 Å². The van der Waals surface area contributed by atoms with Crippen LogP contribution < -0.4 is 0 Å². The van der Waals surface area contributed by atoms with Gasteiger partial charge < -0.3 is 4.57 Å². The van der Waals surface area contributed by atoms with Gasteiger partial charge in [-0.15, -0.1) is 10.2 Å². The molecule has 31 heavy (non-hydrogen) atoms. The molecule has 0 unspecified atom stereocenters. The normalized spacial score (nSPS) is 13.2. The smallest absolute Gasteiger partial charge is 0.213 e. The Balaban J connectivity index is 1.46. The van der Waals surface area contributed by atoms with E-state index < -0.39 is 0 Å². The summed E-state index contributed by atoms with van der Waals surface area (Å²) in [5, 5.41) is 16.0. The number of fused-ring (bicyclic) bond motifs is 1. The first kappa shape index (κ1) is 20.4. The van der Waals surface area contributed by atoms with Crippen LogP contribution in [-0.2, 0) is 5.75 Å². The first-order valence-electron chi connectivity index (χ1n) is 9.88. The largest absolute Gasteiger partial charge is 0.318 e. The van der Waals surface area contributed by atoms with Crippen LogP contribution in [0.25, 0.3) is 5.69 Å². The van der Waals surface area contributed by atoms with Crippen LogP contribution in [0.1, 0.15) is 22.5 Å². The Bertz CT molecular complexity index is 1260. The van der Waals surface area contributed by atoms with Gasteiger partial charge in [-0.3, -0.25) is 0 Å². The third-order valence-electron chi connectivity index (χ3n) is 5.18. The van der Waals surface area contributed by atoms with Crippen molar-refractivity contribution in [3.8, 4) is 5.69 Å². The average Bonchev–Trinajstić information content (AvgIpc) is 3.33. The van der Waals surface area contributed by atoms with Gasteiger partial charge in [-0.05, 0) is 49.7 Å². The number of aromatic nitrogens is 4. The van der Waals surface area contributed by atoms with Gasteiger partial charge in [0.05, 0.1) is 5.71 Å². The predicted molar refractivity (Wildman–Crippen MR) is 129 cm³/mol. The standard InChI is InChI=1S/C23H20ClN5S2/c1-15-12-20(16(2)28(15)19-10-8-18(24)9-11-19)21-14-31-23-26-25-22(29(23)27-21)30-13-17-6-4-3-5-7-17/h3-12H,13-14H2,1-2H3. The number of hydrogen-bond acceptors (Lipinski definition) is 5. The Labute approximate surface area is 194 Å². The second-order valence-corrected chi connectivity index (χ2v) is 9.60. The number of thioether (sulfide) groups is 2. The molecule has 2 aromatic carbocycles. The zero-order valence-corrected chi connectivity index (χ0v) is 19.5. The molecule has 2 aromatic heterocycles. The average molecular weight is 466 g/mol. The summed E-state index contributed by atoms with van der Waals surface area (Å²) in [5.41, 5.74) is 6.86. The van der Waals surface area contributed by atoms with Gasteiger partial charge in [0.15, 0.2) is 0 Å². The van der Waals surface area contributed by atoms with Gasteiger partial charge >= 0.3 is 0 Å². The first-order valence-corrected chi connectivity index (χ1v) is 12.2. The van der Waals surface area contributed by atoms with Gasteiger partial charge in [0.2, 0.25) is 10.3 Å². The molecule has 4 aromatic rings. The van der Waals surface area contributed by atoms with Gasteiger partial charge in [0.1, 0.15) is 0 Å². The van der Waals surface area contributed by atoms with E-state index in [1.165, 1.54) is 5.56 Å². The van der Waals surface area contributed by atoms with Crippen molar-refractivity contribution < 1.29 is 0 Å². The molecule has 8 heteroatoms. The van der Waals surface area contributed by atoms with Crippen molar-refractivity contribution in [2.24, 2.45) is 5.10 Å². The van der Waals surface area contributed by atoms with Gasteiger partial charge in [-0.25, -0.2) is 0 Å². The molecule has 0 atom stereocenters. The van der Waals surface area contributed by atoms with E-state index in [-0.39, 0.29) is 0 Å². The fraction of sp³-hybridized carbons (Fsp3) is 0.174. The van der Waals surface area contributed by atoms with Crippen LogP contribution in [0.5, 0.6) is 0 Å². The van der Waals surface area contributed by atoms with E-state index in [9.17, 15) is 0 Å². The predicted octanol–water partition coefficient (Wildman–Crippen LogP) is 5.99. The van der Waals surface area contributed by atoms with Crippen molar-refractivity contribution in [1.29, 1.82) is 0 Å². The maximum absolute atomic E-state index is 6.07. The summed E-state index contributed by atoms with van der Waals surface area (Å²) >= 11 is 9.40. The molecule has 156 valence electrons. The van der Waals surface area contributed by atoms with Crippen LogP contribution in [0.3, 0.4) is 0 Å². The Morgan fingerprint density at radius 3 is 2.58 bits per heavy atom. The summed E-state index contributed by atoms with van der Waals surface area (Å²) in [6.07, 6.45) is 0. The fourth-order valence-corrected chi connectivity index (χ4v) is 5.54. The highest BCUT2D eigenvalue weighted by Gasteiger charge is 2.23. The highest BCUT2D eigenvalue weighted by Crippen LogP contribution is 2.31. The Morgan fingerprint density at radius 2 is 1.81 bits per heavy atom. The molecule has 0 fully saturated rings. The van der Waals surface area contributed by atoms with Gasteiger partial charge in [0.25, 0.3) is 0 Å². The van der Waals surface area contributed by atoms with E-state index in [1.807, 2.05) is 35.0 Å². The maximum Gasteiger partial charge on any atom is 0.213 e. The molecule has 1 aliphatic heterocycles. The molecule has 0 amide bonds. The number of rotatable bonds is 5. The molecule has 0 saturated heterocycles. The van der Waals surface area contributed by atoms with E-state index >= 15 is 0 Å².